The van der Waals surface area contributed by atoms with Crippen molar-refractivity contribution in [2.24, 2.45) is 5.92 Å². The first-order valence-electron chi connectivity index (χ1n) is 6.03. The van der Waals surface area contributed by atoms with Crippen molar-refractivity contribution in [2.45, 2.75) is 12.5 Å². The van der Waals surface area contributed by atoms with E-state index in [9.17, 15) is 18.4 Å². The van der Waals surface area contributed by atoms with Crippen molar-refractivity contribution in [3.05, 3.63) is 53.4 Å². The molecule has 0 aliphatic heterocycles. The fraction of sp³-hybridized carbons (Fsp3) is 0.200. The van der Waals surface area contributed by atoms with Crippen molar-refractivity contribution < 1.29 is 13.2 Å². The number of nitriles is 2. The molecule has 2 unspecified atom stereocenters. The van der Waals surface area contributed by atoms with Crippen LogP contribution in [-0.2, 0) is 0 Å². The summed E-state index contributed by atoms with van der Waals surface area (Å²) >= 11 is 0. The topological polar surface area (TPSA) is 59.6 Å². The van der Waals surface area contributed by atoms with Gasteiger partial charge in [-0.1, -0.05) is 17.7 Å². The summed E-state index contributed by atoms with van der Waals surface area (Å²) in [5, 5.41) is 20.8. The Hall–Kier alpha value is -2.73. The number of hydrogen-bond donors (Lipinski definition) is 1. The Morgan fingerprint density at radius 1 is 1.14 bits per heavy atom. The van der Waals surface area contributed by atoms with Gasteiger partial charge in [0.1, 0.15) is 17.8 Å². The van der Waals surface area contributed by atoms with E-state index in [0.717, 1.165) is 5.56 Å². The fourth-order valence-electron chi connectivity index (χ4n) is 2.06. The summed E-state index contributed by atoms with van der Waals surface area (Å²) in [5.74, 6) is -6.08. The van der Waals surface area contributed by atoms with E-state index in [2.05, 4.69) is 5.32 Å². The highest BCUT2D eigenvalue weighted by Gasteiger charge is 2.50. The monoisotopic (exact) mass is 289 g/mol. The van der Waals surface area contributed by atoms with Crippen LogP contribution in [0.2, 0.25) is 0 Å². The summed E-state index contributed by atoms with van der Waals surface area (Å²) < 4.78 is 41.1. The summed E-state index contributed by atoms with van der Waals surface area (Å²) in [6.45, 7) is 1.83. The van der Waals surface area contributed by atoms with Crippen molar-refractivity contribution in [3.8, 4) is 12.1 Å². The average molecular weight is 289 g/mol. The Labute approximate surface area is 119 Å². The highest BCUT2D eigenvalue weighted by Crippen LogP contribution is 2.41. The Bertz CT molecular complexity index is 707. The molecular formula is C15H10F3N3. The Balaban J connectivity index is 2.50. The molecule has 0 aromatic heterocycles. The molecule has 1 N–H and O–H groups in total. The van der Waals surface area contributed by atoms with Gasteiger partial charge in [0, 0.05) is 11.8 Å². The standard InChI is InChI=1S/C15H10F3N3/c1-9-2-4-10(5-3-9)21-15(8-20)11(7-19)14(18)12(16)6-13(15)17/h2-6,11,21H,1H3. The minimum absolute atomic E-state index is 0.285. The zero-order valence-electron chi connectivity index (χ0n) is 11.0. The lowest BCUT2D eigenvalue weighted by Crippen LogP contribution is -2.46. The normalized spacial score (nSPS) is 24.9. The number of aryl methyl sites for hydroxylation is 1. The third kappa shape index (κ3) is 2.36. The number of halogens is 3. The third-order valence-electron chi connectivity index (χ3n) is 3.24. The smallest absolute Gasteiger partial charge is 0.200 e. The van der Waals surface area contributed by atoms with Gasteiger partial charge in [0.25, 0.3) is 0 Å². The van der Waals surface area contributed by atoms with E-state index in [4.69, 9.17) is 5.26 Å². The Morgan fingerprint density at radius 3 is 2.29 bits per heavy atom. The van der Waals surface area contributed by atoms with Crippen LogP contribution in [0.4, 0.5) is 18.9 Å². The maximum atomic E-state index is 14.1. The number of rotatable bonds is 2. The van der Waals surface area contributed by atoms with Gasteiger partial charge in [-0.25, -0.2) is 13.2 Å². The molecule has 1 aliphatic carbocycles. The quantitative estimate of drug-likeness (QED) is 0.900. The summed E-state index contributed by atoms with van der Waals surface area (Å²) in [4.78, 5) is 0. The van der Waals surface area contributed by atoms with Gasteiger partial charge in [0.15, 0.2) is 17.2 Å². The predicted octanol–water partition coefficient (Wildman–Crippen LogP) is 3.83. The zero-order chi connectivity index (χ0) is 15.6. The van der Waals surface area contributed by atoms with Crippen LogP contribution in [0, 0.1) is 35.5 Å². The highest BCUT2D eigenvalue weighted by molar-refractivity contribution is 5.57. The molecule has 1 aliphatic rings. The van der Waals surface area contributed by atoms with Crippen LogP contribution in [-0.4, -0.2) is 5.54 Å². The van der Waals surface area contributed by atoms with Crippen molar-refractivity contribution in [2.75, 3.05) is 5.32 Å². The molecule has 0 heterocycles. The van der Waals surface area contributed by atoms with E-state index in [1.807, 2.05) is 6.92 Å². The van der Waals surface area contributed by atoms with Gasteiger partial charge in [-0.2, -0.15) is 10.5 Å². The molecule has 0 spiro atoms. The molecule has 3 nitrogen and oxygen atoms in total. The minimum atomic E-state index is -2.29. The number of allylic oxidation sites excluding steroid dienone is 2. The van der Waals surface area contributed by atoms with E-state index >= 15 is 0 Å². The first-order chi connectivity index (χ1) is 9.94. The van der Waals surface area contributed by atoms with Crippen LogP contribution in [0.5, 0.6) is 0 Å². The molecule has 0 saturated heterocycles. The van der Waals surface area contributed by atoms with Crippen LogP contribution < -0.4 is 5.32 Å². The van der Waals surface area contributed by atoms with Crippen molar-refractivity contribution in [3.63, 3.8) is 0 Å². The number of nitrogens with one attached hydrogen (secondary N) is 1. The molecule has 0 fully saturated rings. The summed E-state index contributed by atoms with van der Waals surface area (Å²) in [7, 11) is 0. The SMILES string of the molecule is Cc1ccc(NC2(C#N)C(F)=CC(F)=C(F)C2C#N)cc1. The van der Waals surface area contributed by atoms with E-state index < -0.39 is 28.9 Å². The lowest BCUT2D eigenvalue weighted by Gasteiger charge is -2.32. The summed E-state index contributed by atoms with van der Waals surface area (Å²) in [6.07, 6.45) is 0.285. The minimum Gasteiger partial charge on any atom is -0.360 e. The second kappa shape index (κ2) is 5.34. The first kappa shape index (κ1) is 14.7. The number of hydrogen-bond acceptors (Lipinski definition) is 3. The molecule has 0 radical (unpaired) electrons. The van der Waals surface area contributed by atoms with Crippen LogP contribution in [0.3, 0.4) is 0 Å². The molecule has 2 rings (SSSR count). The Kier molecular flexibility index (Phi) is 3.73. The van der Waals surface area contributed by atoms with Crippen LogP contribution in [0.1, 0.15) is 5.56 Å². The van der Waals surface area contributed by atoms with Gasteiger partial charge in [-0.3, -0.25) is 0 Å². The molecule has 2 atom stereocenters. The van der Waals surface area contributed by atoms with E-state index in [0.29, 0.717) is 5.69 Å². The largest absolute Gasteiger partial charge is 0.360 e. The second-order valence-corrected chi connectivity index (χ2v) is 4.66. The zero-order valence-corrected chi connectivity index (χ0v) is 11.0. The maximum Gasteiger partial charge on any atom is 0.200 e. The van der Waals surface area contributed by atoms with Gasteiger partial charge >= 0.3 is 0 Å². The molecule has 1 aromatic rings. The van der Waals surface area contributed by atoms with Gasteiger partial charge in [-0.15, -0.1) is 0 Å². The van der Waals surface area contributed by atoms with Crippen LogP contribution in [0.25, 0.3) is 0 Å². The van der Waals surface area contributed by atoms with E-state index in [-0.39, 0.29) is 6.08 Å². The van der Waals surface area contributed by atoms with Crippen molar-refractivity contribution in [1.29, 1.82) is 10.5 Å². The molecule has 1 aromatic carbocycles. The molecular weight excluding hydrogens is 279 g/mol. The van der Waals surface area contributed by atoms with Gasteiger partial charge in [0.05, 0.1) is 6.07 Å². The van der Waals surface area contributed by atoms with Gasteiger partial charge in [-0.05, 0) is 19.1 Å². The second-order valence-electron chi connectivity index (χ2n) is 4.66. The number of anilines is 1. The molecule has 21 heavy (non-hydrogen) atoms. The molecule has 0 saturated carbocycles. The lowest BCUT2D eigenvalue weighted by atomic mass is 9.80. The van der Waals surface area contributed by atoms with Crippen LogP contribution in [0.15, 0.2) is 47.8 Å². The first-order valence-corrected chi connectivity index (χ1v) is 6.03. The average Bonchev–Trinajstić information content (AvgIpc) is 2.47. The molecule has 0 amide bonds. The fourth-order valence-corrected chi connectivity index (χ4v) is 2.06. The van der Waals surface area contributed by atoms with E-state index in [1.165, 1.54) is 6.07 Å². The van der Waals surface area contributed by atoms with Crippen LogP contribution >= 0.6 is 0 Å². The number of benzene rings is 1. The Morgan fingerprint density at radius 2 is 1.76 bits per heavy atom. The molecule has 106 valence electrons. The van der Waals surface area contributed by atoms with Gasteiger partial charge in [0.2, 0.25) is 0 Å². The lowest BCUT2D eigenvalue weighted by molar-refractivity contribution is 0.364. The number of nitrogens with zero attached hydrogens (tertiary/aromatic N) is 2. The third-order valence-corrected chi connectivity index (χ3v) is 3.24. The highest BCUT2D eigenvalue weighted by atomic mass is 19.2. The maximum absolute atomic E-state index is 14.1. The predicted molar refractivity (Wildman–Crippen MR) is 70.7 cm³/mol. The summed E-state index contributed by atoms with van der Waals surface area (Å²) in [6, 6.07) is 9.53. The molecule has 0 bridgehead atoms. The van der Waals surface area contributed by atoms with Crippen molar-refractivity contribution >= 4 is 5.69 Å². The van der Waals surface area contributed by atoms with Crippen molar-refractivity contribution in [1.82, 2.24) is 0 Å². The van der Waals surface area contributed by atoms with E-state index in [1.54, 1.807) is 30.3 Å². The van der Waals surface area contributed by atoms with Gasteiger partial charge < -0.3 is 5.32 Å². The summed E-state index contributed by atoms with van der Waals surface area (Å²) in [5.41, 5.74) is -1.04. The molecule has 6 heteroatoms.